The maximum absolute atomic E-state index is 12.5. The van der Waals surface area contributed by atoms with E-state index in [4.69, 9.17) is 9.47 Å². The van der Waals surface area contributed by atoms with E-state index in [1.165, 1.54) is 18.1 Å². The SMILES string of the molecule is CC(=O)NCCCCCC(=O)NCc1cccc(-c2ccc(C3OC(CN(Cc4ccccc4)Cc4ccccc4)CC(c4ccc(CO)cc4)O3)cc2)c1. The number of carbonyl (C=O) groups excluding carboxylic acids is 2. The van der Waals surface area contributed by atoms with Gasteiger partial charge < -0.3 is 25.2 Å². The van der Waals surface area contributed by atoms with Gasteiger partial charge in [-0.15, -0.1) is 0 Å². The van der Waals surface area contributed by atoms with Crippen LogP contribution in [0.4, 0.5) is 0 Å². The number of nitrogens with one attached hydrogen (secondary N) is 2. The van der Waals surface area contributed by atoms with Gasteiger partial charge in [0.15, 0.2) is 6.29 Å². The zero-order valence-corrected chi connectivity index (χ0v) is 31.7. The van der Waals surface area contributed by atoms with Gasteiger partial charge in [-0.3, -0.25) is 14.5 Å². The second-order valence-corrected chi connectivity index (χ2v) is 14.4. The molecule has 0 spiro atoms. The fourth-order valence-electron chi connectivity index (χ4n) is 7.02. The number of benzene rings is 5. The highest BCUT2D eigenvalue weighted by Gasteiger charge is 2.33. The Labute approximate surface area is 325 Å². The number of rotatable bonds is 18. The summed E-state index contributed by atoms with van der Waals surface area (Å²) >= 11 is 0. The minimum atomic E-state index is -0.558. The quantitative estimate of drug-likeness (QED) is 0.0781. The maximum atomic E-state index is 12.5. The van der Waals surface area contributed by atoms with Crippen molar-refractivity contribution in [1.82, 2.24) is 15.5 Å². The fraction of sp³-hybridized carbons (Fsp3) is 0.319. The van der Waals surface area contributed by atoms with E-state index in [-0.39, 0.29) is 30.6 Å². The van der Waals surface area contributed by atoms with Crippen molar-refractivity contribution < 1.29 is 24.2 Å². The first-order valence-corrected chi connectivity index (χ1v) is 19.4. The van der Waals surface area contributed by atoms with E-state index in [0.29, 0.717) is 25.9 Å². The van der Waals surface area contributed by atoms with Gasteiger partial charge in [-0.05, 0) is 57.9 Å². The Morgan fingerprint density at radius 1 is 0.673 bits per heavy atom. The summed E-state index contributed by atoms with van der Waals surface area (Å²) in [5.74, 6) is 0.00970. The van der Waals surface area contributed by atoms with E-state index in [9.17, 15) is 14.7 Å². The van der Waals surface area contributed by atoms with E-state index in [0.717, 1.165) is 72.3 Å². The van der Waals surface area contributed by atoms with Crippen molar-refractivity contribution in [3.05, 3.63) is 167 Å². The topological polar surface area (TPSA) is 100 Å². The Hall–Kier alpha value is -5.12. The molecule has 0 aromatic heterocycles. The number of nitrogens with zero attached hydrogens (tertiary/aromatic N) is 1. The van der Waals surface area contributed by atoms with Crippen LogP contribution in [0.15, 0.2) is 133 Å². The summed E-state index contributed by atoms with van der Waals surface area (Å²) in [7, 11) is 0. The third-order valence-electron chi connectivity index (χ3n) is 9.96. The van der Waals surface area contributed by atoms with E-state index in [1.807, 2.05) is 24.3 Å². The number of aliphatic hydroxyl groups is 1. The van der Waals surface area contributed by atoms with Crippen LogP contribution in [0.5, 0.6) is 0 Å². The molecule has 3 unspecified atom stereocenters. The number of unbranched alkanes of at least 4 members (excludes halogenated alkanes) is 2. The predicted octanol–water partition coefficient (Wildman–Crippen LogP) is 8.41. The molecule has 1 aliphatic rings. The Kier molecular flexibility index (Phi) is 14.8. The van der Waals surface area contributed by atoms with Gasteiger partial charge in [0.25, 0.3) is 0 Å². The first-order valence-electron chi connectivity index (χ1n) is 19.4. The number of carbonyl (C=O) groups is 2. The number of amides is 2. The van der Waals surface area contributed by atoms with E-state index in [2.05, 4.69) is 125 Å². The van der Waals surface area contributed by atoms with Crippen molar-refractivity contribution in [2.75, 3.05) is 13.1 Å². The van der Waals surface area contributed by atoms with Crippen LogP contribution in [-0.2, 0) is 45.3 Å². The number of hydrogen-bond acceptors (Lipinski definition) is 6. The van der Waals surface area contributed by atoms with Crippen LogP contribution >= 0.6 is 0 Å². The van der Waals surface area contributed by atoms with Gasteiger partial charge in [-0.25, -0.2) is 0 Å². The highest BCUT2D eigenvalue weighted by molar-refractivity contribution is 5.76. The largest absolute Gasteiger partial charge is 0.392 e. The van der Waals surface area contributed by atoms with Crippen molar-refractivity contribution in [2.24, 2.45) is 0 Å². The van der Waals surface area contributed by atoms with Crippen molar-refractivity contribution in [3.63, 3.8) is 0 Å². The Bertz CT molecular complexity index is 1880. The van der Waals surface area contributed by atoms with Crippen LogP contribution in [-0.4, -0.2) is 41.0 Å². The average molecular weight is 740 g/mol. The van der Waals surface area contributed by atoms with Crippen molar-refractivity contribution in [1.29, 1.82) is 0 Å². The van der Waals surface area contributed by atoms with Gasteiger partial charge in [-0.1, -0.05) is 134 Å². The molecule has 55 heavy (non-hydrogen) atoms. The van der Waals surface area contributed by atoms with Crippen LogP contribution < -0.4 is 10.6 Å². The average Bonchev–Trinajstić information content (AvgIpc) is 3.22. The molecular formula is C47H53N3O5. The van der Waals surface area contributed by atoms with Crippen molar-refractivity contribution in [2.45, 2.75) is 83.8 Å². The second-order valence-electron chi connectivity index (χ2n) is 14.4. The number of hydrogen-bond donors (Lipinski definition) is 3. The Morgan fingerprint density at radius 2 is 1.33 bits per heavy atom. The third-order valence-corrected chi connectivity index (χ3v) is 9.96. The minimum Gasteiger partial charge on any atom is -0.392 e. The molecule has 1 aliphatic heterocycles. The molecule has 3 atom stereocenters. The molecule has 0 radical (unpaired) electrons. The zero-order valence-electron chi connectivity index (χ0n) is 31.7. The molecule has 0 saturated carbocycles. The summed E-state index contributed by atoms with van der Waals surface area (Å²) in [6.45, 7) is 4.96. The third kappa shape index (κ3) is 12.5. The standard InChI is InChI=1S/C47H53N3O5/c1-35(52)48-27-10-4-9-18-46(53)49-30-39-16-11-17-43(28-39)40-23-25-42(26-24-40)47-54-44(29-45(55-47)41-21-19-38(34-51)20-22-41)33-50(31-36-12-5-2-6-13-36)32-37-14-7-3-8-15-37/h2-3,5-8,11-17,19-26,28,44-45,47,51H,4,9-10,18,27,29-34H2,1H3,(H,48,52)(H,49,53). The van der Waals surface area contributed by atoms with Gasteiger partial charge in [0.05, 0.1) is 18.8 Å². The lowest BCUT2D eigenvalue weighted by Gasteiger charge is -2.38. The van der Waals surface area contributed by atoms with Gasteiger partial charge in [0.1, 0.15) is 0 Å². The van der Waals surface area contributed by atoms with Gasteiger partial charge in [0, 0.05) is 58.1 Å². The highest BCUT2D eigenvalue weighted by Crippen LogP contribution is 2.39. The van der Waals surface area contributed by atoms with E-state index in [1.54, 1.807) is 0 Å². The summed E-state index contributed by atoms with van der Waals surface area (Å²) in [5, 5.41) is 15.5. The minimum absolute atomic E-state index is 0.00102. The molecule has 6 rings (SSSR count). The van der Waals surface area contributed by atoms with Gasteiger partial charge in [0.2, 0.25) is 11.8 Å². The lowest BCUT2D eigenvalue weighted by atomic mass is 9.98. The molecule has 286 valence electrons. The summed E-state index contributed by atoms with van der Waals surface area (Å²) in [6, 6.07) is 45.8. The molecular weight excluding hydrogens is 687 g/mol. The van der Waals surface area contributed by atoms with Crippen LogP contribution in [0.3, 0.4) is 0 Å². The number of aliphatic hydroxyl groups excluding tert-OH is 1. The lowest BCUT2D eigenvalue weighted by Crippen LogP contribution is -2.39. The lowest BCUT2D eigenvalue weighted by molar-refractivity contribution is -0.253. The fourth-order valence-corrected chi connectivity index (χ4v) is 7.02. The molecule has 1 heterocycles. The Morgan fingerprint density at radius 3 is 1.98 bits per heavy atom. The predicted molar refractivity (Wildman–Crippen MR) is 216 cm³/mol. The first kappa shape index (κ1) is 39.6. The molecule has 0 bridgehead atoms. The molecule has 8 heteroatoms. The summed E-state index contributed by atoms with van der Waals surface area (Å²) in [6.07, 6.45) is 2.91. The molecule has 0 aliphatic carbocycles. The smallest absolute Gasteiger partial charge is 0.220 e. The first-order chi connectivity index (χ1) is 26.9. The second kappa shape index (κ2) is 20.5. The molecule has 8 nitrogen and oxygen atoms in total. The van der Waals surface area contributed by atoms with Crippen molar-refractivity contribution >= 4 is 11.8 Å². The summed E-state index contributed by atoms with van der Waals surface area (Å²) in [4.78, 5) is 25.9. The molecule has 5 aromatic carbocycles. The monoisotopic (exact) mass is 739 g/mol. The van der Waals surface area contributed by atoms with Gasteiger partial charge >= 0.3 is 0 Å². The molecule has 3 N–H and O–H groups in total. The Balaban J connectivity index is 1.13. The van der Waals surface area contributed by atoms with Crippen LogP contribution in [0.25, 0.3) is 11.1 Å². The summed E-state index contributed by atoms with van der Waals surface area (Å²) < 4.78 is 13.5. The van der Waals surface area contributed by atoms with Crippen LogP contribution in [0, 0.1) is 0 Å². The molecule has 5 aromatic rings. The van der Waals surface area contributed by atoms with E-state index < -0.39 is 6.29 Å². The molecule has 1 fully saturated rings. The molecule has 1 saturated heterocycles. The normalized spacial score (nSPS) is 16.8. The van der Waals surface area contributed by atoms with Crippen LogP contribution in [0.2, 0.25) is 0 Å². The van der Waals surface area contributed by atoms with Crippen molar-refractivity contribution in [3.8, 4) is 11.1 Å². The van der Waals surface area contributed by atoms with E-state index >= 15 is 0 Å². The summed E-state index contributed by atoms with van der Waals surface area (Å²) in [5.41, 5.74) is 8.57. The highest BCUT2D eigenvalue weighted by atomic mass is 16.7. The molecule has 2 amide bonds. The zero-order chi connectivity index (χ0) is 38.2. The van der Waals surface area contributed by atoms with Crippen LogP contribution in [0.1, 0.15) is 84.8 Å². The maximum Gasteiger partial charge on any atom is 0.220 e. The number of ether oxygens (including phenoxy) is 2. The van der Waals surface area contributed by atoms with Gasteiger partial charge in [-0.2, -0.15) is 0 Å².